The first-order chi connectivity index (χ1) is 14.8. The molecule has 0 radical (unpaired) electrons. The summed E-state index contributed by atoms with van der Waals surface area (Å²) in [6, 6.07) is 0. The van der Waals surface area contributed by atoms with Crippen molar-refractivity contribution >= 4 is 17.9 Å². The van der Waals surface area contributed by atoms with Crippen molar-refractivity contribution in [2.75, 3.05) is 19.8 Å². The number of carboxylic acids is 1. The summed E-state index contributed by atoms with van der Waals surface area (Å²) in [6.07, 6.45) is 13.1. The first-order valence-electron chi connectivity index (χ1n) is 11.1. The van der Waals surface area contributed by atoms with Gasteiger partial charge >= 0.3 is 17.9 Å². The van der Waals surface area contributed by atoms with Crippen molar-refractivity contribution in [2.24, 2.45) is 23.2 Å². The molecular formula is C24H32O7. The summed E-state index contributed by atoms with van der Waals surface area (Å²) >= 11 is 0. The molecule has 4 rings (SSSR count). The highest BCUT2D eigenvalue weighted by molar-refractivity contribution is 5.91. The van der Waals surface area contributed by atoms with E-state index in [2.05, 4.69) is 12.2 Å². The van der Waals surface area contributed by atoms with Gasteiger partial charge in [0, 0.05) is 18.4 Å². The monoisotopic (exact) mass is 432 g/mol. The summed E-state index contributed by atoms with van der Waals surface area (Å²) in [5, 5.41) is 8.70. The summed E-state index contributed by atoms with van der Waals surface area (Å²) in [5.41, 5.74) is -0.305. The molecule has 170 valence electrons. The van der Waals surface area contributed by atoms with Crippen LogP contribution in [0.1, 0.15) is 46.0 Å². The molecule has 1 N–H and O–H groups in total. The van der Waals surface area contributed by atoms with E-state index in [9.17, 15) is 14.4 Å². The summed E-state index contributed by atoms with van der Waals surface area (Å²) in [6.45, 7) is 5.12. The lowest BCUT2D eigenvalue weighted by atomic mass is 9.80. The number of aliphatic carboxylic acids is 1. The van der Waals surface area contributed by atoms with Crippen LogP contribution in [-0.2, 0) is 28.6 Å². The van der Waals surface area contributed by atoms with Crippen LogP contribution in [0.4, 0.5) is 0 Å². The van der Waals surface area contributed by atoms with Crippen molar-refractivity contribution < 1.29 is 33.7 Å². The van der Waals surface area contributed by atoms with Crippen molar-refractivity contribution in [3.63, 3.8) is 0 Å². The SMILES string of the molecule is CCOC(=O)C1=CC=CC(C)(C(=O)OC2CCOCC2)C1.O=C(O)C1CC2C=CC1C2. The first kappa shape index (κ1) is 23.3. The Hall–Kier alpha value is -2.41. The van der Waals surface area contributed by atoms with Crippen molar-refractivity contribution in [2.45, 2.75) is 52.1 Å². The number of carbonyl (C=O) groups is 3. The average Bonchev–Trinajstić information content (AvgIpc) is 3.39. The maximum Gasteiger partial charge on any atom is 0.334 e. The third kappa shape index (κ3) is 5.85. The molecule has 4 atom stereocenters. The van der Waals surface area contributed by atoms with E-state index in [0.717, 1.165) is 25.7 Å². The van der Waals surface area contributed by atoms with Crippen LogP contribution in [-0.4, -0.2) is 48.9 Å². The molecule has 0 spiro atoms. The molecule has 4 aliphatic rings. The van der Waals surface area contributed by atoms with E-state index >= 15 is 0 Å². The van der Waals surface area contributed by atoms with Crippen LogP contribution in [0.5, 0.6) is 0 Å². The molecule has 1 aliphatic heterocycles. The smallest absolute Gasteiger partial charge is 0.334 e. The van der Waals surface area contributed by atoms with Gasteiger partial charge in [0.15, 0.2) is 0 Å². The van der Waals surface area contributed by atoms with Gasteiger partial charge in [-0.15, -0.1) is 0 Å². The quantitative estimate of drug-likeness (QED) is 0.525. The predicted molar refractivity (Wildman–Crippen MR) is 113 cm³/mol. The van der Waals surface area contributed by atoms with E-state index in [1.807, 2.05) is 0 Å². The zero-order valence-corrected chi connectivity index (χ0v) is 18.2. The summed E-state index contributed by atoms with van der Waals surface area (Å²) in [4.78, 5) is 34.8. The highest BCUT2D eigenvalue weighted by atomic mass is 16.6. The molecule has 7 heteroatoms. The average molecular weight is 433 g/mol. The molecule has 1 saturated carbocycles. The van der Waals surface area contributed by atoms with Gasteiger partial charge in [-0.1, -0.05) is 30.4 Å². The molecular weight excluding hydrogens is 400 g/mol. The molecule has 7 nitrogen and oxygen atoms in total. The van der Waals surface area contributed by atoms with Crippen LogP contribution in [0, 0.1) is 23.2 Å². The highest BCUT2D eigenvalue weighted by Crippen LogP contribution is 2.43. The number of allylic oxidation sites excluding steroid dienone is 4. The van der Waals surface area contributed by atoms with E-state index in [0.29, 0.717) is 43.7 Å². The molecule has 1 heterocycles. The second kappa shape index (κ2) is 10.3. The van der Waals surface area contributed by atoms with Gasteiger partial charge in [0.2, 0.25) is 0 Å². The Labute approximate surface area is 183 Å². The van der Waals surface area contributed by atoms with Crippen LogP contribution in [0.25, 0.3) is 0 Å². The Morgan fingerprint density at radius 2 is 1.94 bits per heavy atom. The third-order valence-electron chi connectivity index (χ3n) is 6.36. The molecule has 0 aromatic carbocycles. The van der Waals surface area contributed by atoms with Crippen LogP contribution in [0.2, 0.25) is 0 Å². The molecule has 3 aliphatic carbocycles. The van der Waals surface area contributed by atoms with Gasteiger partial charge in [-0.25, -0.2) is 4.79 Å². The van der Waals surface area contributed by atoms with E-state index in [-0.39, 0.29) is 24.0 Å². The van der Waals surface area contributed by atoms with E-state index < -0.39 is 11.4 Å². The number of carbonyl (C=O) groups excluding carboxylic acids is 2. The minimum absolute atomic E-state index is 0.0741. The van der Waals surface area contributed by atoms with Gasteiger partial charge in [0.25, 0.3) is 0 Å². The number of rotatable bonds is 5. The predicted octanol–water partition coefficient (Wildman–Crippen LogP) is 3.45. The van der Waals surface area contributed by atoms with Crippen LogP contribution in [0.15, 0.2) is 36.0 Å². The molecule has 0 aromatic rings. The number of hydrogen-bond acceptors (Lipinski definition) is 6. The largest absolute Gasteiger partial charge is 0.481 e. The van der Waals surface area contributed by atoms with Gasteiger partial charge in [-0.2, -0.15) is 0 Å². The standard InChI is InChI=1S/C16H22O5.C8H10O2/c1-3-20-14(17)12-5-4-8-16(2,11-12)15(18)21-13-6-9-19-10-7-13;9-8(10)7-4-5-1-2-6(7)3-5/h4-5,8,13H,3,6-7,9-11H2,1-2H3;1-2,5-7H,3-4H2,(H,9,10). The fourth-order valence-corrected chi connectivity index (χ4v) is 4.54. The third-order valence-corrected chi connectivity index (χ3v) is 6.36. The van der Waals surface area contributed by atoms with E-state index in [1.54, 1.807) is 32.1 Å². The summed E-state index contributed by atoms with van der Waals surface area (Å²) in [7, 11) is 0. The minimum Gasteiger partial charge on any atom is -0.481 e. The summed E-state index contributed by atoms with van der Waals surface area (Å²) in [5.74, 6) is -0.423. The topological polar surface area (TPSA) is 99.1 Å². The van der Waals surface area contributed by atoms with Gasteiger partial charge in [0.05, 0.1) is 31.2 Å². The molecule has 4 unspecified atom stereocenters. The van der Waals surface area contributed by atoms with Crippen LogP contribution in [0.3, 0.4) is 0 Å². The van der Waals surface area contributed by atoms with E-state index in [4.69, 9.17) is 19.3 Å². The number of hydrogen-bond donors (Lipinski definition) is 1. The lowest BCUT2D eigenvalue weighted by Gasteiger charge is -2.30. The summed E-state index contributed by atoms with van der Waals surface area (Å²) < 4.78 is 15.8. The van der Waals surface area contributed by atoms with Gasteiger partial charge in [-0.3, -0.25) is 9.59 Å². The van der Waals surface area contributed by atoms with Crippen LogP contribution >= 0.6 is 0 Å². The molecule has 0 amide bonds. The zero-order valence-electron chi connectivity index (χ0n) is 18.2. The number of fused-ring (bicyclic) bond motifs is 2. The molecule has 31 heavy (non-hydrogen) atoms. The lowest BCUT2D eigenvalue weighted by molar-refractivity contribution is -0.162. The van der Waals surface area contributed by atoms with Crippen LogP contribution < -0.4 is 0 Å². The minimum atomic E-state index is -0.810. The zero-order chi connectivity index (χ0) is 22.4. The molecule has 2 bridgehead atoms. The Kier molecular flexibility index (Phi) is 7.70. The van der Waals surface area contributed by atoms with Crippen molar-refractivity contribution in [1.82, 2.24) is 0 Å². The van der Waals surface area contributed by atoms with Gasteiger partial charge in [-0.05, 0) is 44.9 Å². The molecule has 1 saturated heterocycles. The van der Waals surface area contributed by atoms with Crippen molar-refractivity contribution in [3.05, 3.63) is 36.0 Å². The van der Waals surface area contributed by atoms with E-state index in [1.165, 1.54) is 0 Å². The first-order valence-corrected chi connectivity index (χ1v) is 11.1. The fraction of sp³-hybridized carbons (Fsp3) is 0.625. The Bertz CT molecular complexity index is 775. The normalized spacial score (nSPS) is 31.4. The number of carboxylic acid groups (broad SMARTS) is 1. The maximum absolute atomic E-state index is 12.4. The second-order valence-corrected chi connectivity index (χ2v) is 8.81. The Morgan fingerprint density at radius 3 is 2.48 bits per heavy atom. The van der Waals surface area contributed by atoms with Gasteiger partial charge < -0.3 is 19.3 Å². The lowest BCUT2D eigenvalue weighted by Crippen LogP contribution is -2.36. The Balaban J connectivity index is 0.000000225. The highest BCUT2D eigenvalue weighted by Gasteiger charge is 2.40. The van der Waals surface area contributed by atoms with Crippen molar-refractivity contribution in [1.29, 1.82) is 0 Å². The van der Waals surface area contributed by atoms with Gasteiger partial charge in [0.1, 0.15) is 6.10 Å². The van der Waals surface area contributed by atoms with Crippen molar-refractivity contribution in [3.8, 4) is 0 Å². The maximum atomic E-state index is 12.4. The number of esters is 2. The fourth-order valence-electron chi connectivity index (χ4n) is 4.54. The second-order valence-electron chi connectivity index (χ2n) is 8.81. The molecule has 2 fully saturated rings. The number of ether oxygens (including phenoxy) is 3. The Morgan fingerprint density at radius 1 is 1.19 bits per heavy atom. The molecule has 0 aromatic heterocycles.